The van der Waals surface area contributed by atoms with Crippen molar-refractivity contribution in [1.82, 2.24) is 20.3 Å². The monoisotopic (exact) mass is 352 g/mol. The molecule has 2 fully saturated rings. The van der Waals surface area contributed by atoms with Gasteiger partial charge in [-0.15, -0.1) is 0 Å². The molecule has 3 rings (SSSR count). The number of carbonyl (C=O) groups excluding carboxylic acids is 2. The molecule has 1 aliphatic heterocycles. The molecule has 7 nitrogen and oxygen atoms in total. The van der Waals surface area contributed by atoms with Crippen LogP contribution in [0.15, 0.2) is 10.6 Å². The first kappa shape index (κ1) is 17.8. The van der Waals surface area contributed by atoms with Gasteiger partial charge in [-0.1, -0.05) is 5.16 Å². The van der Waals surface area contributed by atoms with Crippen LogP contribution in [-0.2, 0) is 16.1 Å². The van der Waals surface area contributed by atoms with E-state index >= 15 is 0 Å². The zero-order valence-electron chi connectivity index (χ0n) is 14.9. The van der Waals surface area contributed by atoms with Gasteiger partial charge in [-0.3, -0.25) is 14.5 Å². The van der Waals surface area contributed by atoms with Crippen LogP contribution in [0.3, 0.4) is 0 Å². The third-order valence-corrected chi connectivity index (χ3v) is 5.16. The highest BCUT2D eigenvalue weighted by molar-refractivity contribution is 6.07. The van der Waals surface area contributed by atoms with Crippen LogP contribution in [0, 0.1) is 12.3 Å². The summed E-state index contributed by atoms with van der Waals surface area (Å²) >= 11 is 0. The van der Waals surface area contributed by atoms with Gasteiger partial charge < -0.3 is 14.7 Å². The fourth-order valence-corrected chi connectivity index (χ4v) is 3.66. The summed E-state index contributed by atoms with van der Waals surface area (Å²) < 4.78 is 19.2. The van der Waals surface area contributed by atoms with Gasteiger partial charge in [-0.05, 0) is 26.2 Å². The van der Waals surface area contributed by atoms with Crippen LogP contribution in [0.25, 0.3) is 0 Å². The van der Waals surface area contributed by atoms with E-state index in [1.54, 1.807) is 19.0 Å². The zero-order chi connectivity index (χ0) is 18.2. The third kappa shape index (κ3) is 3.53. The van der Waals surface area contributed by atoms with Gasteiger partial charge in [0.15, 0.2) is 5.76 Å². The van der Waals surface area contributed by atoms with E-state index in [1.165, 1.54) is 0 Å². The van der Waals surface area contributed by atoms with Crippen LogP contribution in [0.1, 0.15) is 30.7 Å². The molecule has 1 N–H and O–H groups in total. The Morgan fingerprint density at radius 3 is 2.80 bits per heavy atom. The molecule has 25 heavy (non-hydrogen) atoms. The lowest BCUT2D eigenvalue weighted by molar-refractivity contribution is -0.143. The van der Waals surface area contributed by atoms with Gasteiger partial charge >= 0.3 is 0 Å². The van der Waals surface area contributed by atoms with Crippen molar-refractivity contribution in [3.05, 3.63) is 17.5 Å². The molecule has 1 aromatic rings. The molecule has 1 aromatic heterocycles. The second-order valence-corrected chi connectivity index (χ2v) is 7.20. The van der Waals surface area contributed by atoms with Gasteiger partial charge in [0.2, 0.25) is 11.8 Å². The summed E-state index contributed by atoms with van der Waals surface area (Å²) in [6.07, 6.45) is 0.601. The predicted octanol–water partition coefficient (Wildman–Crippen LogP) is 0.880. The second-order valence-electron chi connectivity index (χ2n) is 7.20. The van der Waals surface area contributed by atoms with Crippen molar-refractivity contribution < 1.29 is 18.5 Å². The maximum absolute atomic E-state index is 14.0. The topological polar surface area (TPSA) is 78.7 Å². The highest BCUT2D eigenvalue weighted by Gasteiger charge is 2.57. The summed E-state index contributed by atoms with van der Waals surface area (Å²) in [7, 11) is 3.23. The lowest BCUT2D eigenvalue weighted by Gasteiger charge is -2.29. The molecule has 2 aliphatic rings. The largest absolute Gasteiger partial charge is 0.360 e. The number of hydrogen-bond acceptors (Lipinski definition) is 5. The molecule has 1 aliphatic carbocycles. The molecule has 0 aromatic carbocycles. The number of likely N-dealkylation sites (tertiary alicyclic amines) is 1. The van der Waals surface area contributed by atoms with Crippen LogP contribution in [0.5, 0.6) is 0 Å². The summed E-state index contributed by atoms with van der Waals surface area (Å²) in [5.41, 5.74) is -0.125. The first-order valence-corrected chi connectivity index (χ1v) is 8.64. The molecule has 0 radical (unpaired) electrons. The van der Waals surface area contributed by atoms with Crippen LogP contribution in [0.2, 0.25) is 0 Å². The maximum Gasteiger partial charge on any atom is 0.238 e. The van der Waals surface area contributed by atoms with Crippen molar-refractivity contribution in [2.75, 3.05) is 27.2 Å². The van der Waals surface area contributed by atoms with Gasteiger partial charge in [-0.25, -0.2) is 4.39 Å². The first-order valence-electron chi connectivity index (χ1n) is 8.64. The second kappa shape index (κ2) is 6.74. The third-order valence-electron chi connectivity index (χ3n) is 5.16. The Hall–Kier alpha value is -1.96. The molecule has 2 atom stereocenters. The summed E-state index contributed by atoms with van der Waals surface area (Å²) in [4.78, 5) is 28.2. The van der Waals surface area contributed by atoms with E-state index in [2.05, 4.69) is 10.5 Å². The first-order chi connectivity index (χ1) is 11.9. The Bertz CT molecular complexity index is 658. The van der Waals surface area contributed by atoms with Crippen molar-refractivity contribution in [3.8, 4) is 0 Å². The average molecular weight is 352 g/mol. The molecule has 1 saturated carbocycles. The summed E-state index contributed by atoms with van der Waals surface area (Å²) in [5.74, 6) is 0.285. The molecule has 2 heterocycles. The lowest BCUT2D eigenvalue weighted by Crippen LogP contribution is -2.47. The number of nitrogens with zero attached hydrogens (tertiary/aromatic N) is 3. The number of alkyl halides is 1. The molecule has 138 valence electrons. The Balaban J connectivity index is 1.63. The van der Waals surface area contributed by atoms with E-state index in [0.717, 1.165) is 5.69 Å². The number of carbonyl (C=O) groups is 2. The molecule has 2 amide bonds. The Morgan fingerprint density at radius 1 is 1.52 bits per heavy atom. The smallest absolute Gasteiger partial charge is 0.238 e. The number of aryl methyl sites for hydroxylation is 1. The molecular weight excluding hydrogens is 327 g/mol. The van der Waals surface area contributed by atoms with Gasteiger partial charge in [0.1, 0.15) is 11.6 Å². The quantitative estimate of drug-likeness (QED) is 0.769. The fraction of sp³-hybridized carbons (Fsp3) is 0.706. The van der Waals surface area contributed by atoms with Gasteiger partial charge in [0.05, 0.1) is 12.2 Å². The Kier molecular flexibility index (Phi) is 4.81. The van der Waals surface area contributed by atoms with E-state index in [-0.39, 0.29) is 17.9 Å². The van der Waals surface area contributed by atoms with Gasteiger partial charge in [-0.2, -0.15) is 0 Å². The standard InChI is InChI=1S/C17H25FN4O3/c1-11-6-14(25-20-11)10-22-8-12(18)7-13(22)9-21(3)16(24)17(4-5-17)15(23)19-2/h6,12-13H,4-5,7-10H2,1-3H3,(H,19,23)/t12-,13-/m0/s1. The summed E-state index contributed by atoms with van der Waals surface area (Å²) in [6, 6.07) is 1.73. The number of nitrogens with one attached hydrogen (secondary N) is 1. The number of aromatic nitrogens is 1. The van der Waals surface area contributed by atoms with Crippen LogP contribution in [-0.4, -0.2) is 66.2 Å². The normalized spacial score (nSPS) is 25.0. The summed E-state index contributed by atoms with van der Waals surface area (Å²) in [5, 5.41) is 6.43. The van der Waals surface area contributed by atoms with Crippen molar-refractivity contribution >= 4 is 11.8 Å². The van der Waals surface area contributed by atoms with Crippen molar-refractivity contribution in [1.29, 1.82) is 0 Å². The molecule has 1 saturated heterocycles. The highest BCUT2D eigenvalue weighted by Crippen LogP contribution is 2.47. The van der Waals surface area contributed by atoms with E-state index in [0.29, 0.717) is 44.7 Å². The van der Waals surface area contributed by atoms with Crippen molar-refractivity contribution in [3.63, 3.8) is 0 Å². The SMILES string of the molecule is CNC(=O)C1(C(=O)N(C)C[C@@H]2C[C@H](F)CN2Cc2cc(C)no2)CC1. The molecule has 8 heteroatoms. The van der Waals surface area contributed by atoms with E-state index in [1.807, 2.05) is 17.9 Å². The lowest BCUT2D eigenvalue weighted by atomic mass is 10.0. The Morgan fingerprint density at radius 2 is 2.24 bits per heavy atom. The number of likely N-dealkylation sites (N-methyl/N-ethyl adjacent to an activating group) is 1. The minimum Gasteiger partial charge on any atom is -0.360 e. The number of hydrogen-bond donors (Lipinski definition) is 1. The fourth-order valence-electron chi connectivity index (χ4n) is 3.66. The van der Waals surface area contributed by atoms with E-state index < -0.39 is 11.6 Å². The maximum atomic E-state index is 14.0. The summed E-state index contributed by atoms with van der Waals surface area (Å²) in [6.45, 7) is 3.01. The molecular formula is C17H25FN4O3. The van der Waals surface area contributed by atoms with Crippen LogP contribution >= 0.6 is 0 Å². The minimum absolute atomic E-state index is 0.102. The molecule has 0 bridgehead atoms. The van der Waals surface area contributed by atoms with Crippen LogP contribution < -0.4 is 5.32 Å². The van der Waals surface area contributed by atoms with E-state index in [9.17, 15) is 14.0 Å². The van der Waals surface area contributed by atoms with Crippen LogP contribution in [0.4, 0.5) is 4.39 Å². The van der Waals surface area contributed by atoms with Crippen molar-refractivity contribution in [2.45, 2.75) is 44.9 Å². The average Bonchev–Trinajstić information content (AvgIpc) is 3.19. The predicted molar refractivity (Wildman–Crippen MR) is 88.3 cm³/mol. The number of amides is 2. The van der Waals surface area contributed by atoms with Gasteiger partial charge in [0.25, 0.3) is 0 Å². The minimum atomic E-state index is -0.925. The Labute approximate surface area is 146 Å². The van der Waals surface area contributed by atoms with E-state index in [4.69, 9.17) is 4.52 Å². The van der Waals surface area contributed by atoms with Gasteiger partial charge in [0, 0.05) is 39.3 Å². The van der Waals surface area contributed by atoms with Crippen molar-refractivity contribution in [2.24, 2.45) is 5.41 Å². The zero-order valence-corrected chi connectivity index (χ0v) is 14.9. The number of rotatable bonds is 6. The highest BCUT2D eigenvalue weighted by atomic mass is 19.1. The molecule has 0 unspecified atom stereocenters. The molecule has 0 spiro atoms. The number of halogens is 1.